The molecule has 152 valence electrons. The highest BCUT2D eigenvalue weighted by Crippen LogP contribution is 2.39. The van der Waals surface area contributed by atoms with E-state index < -0.39 is 20.9 Å². The third-order valence-electron chi connectivity index (χ3n) is 5.05. The molecule has 0 aromatic heterocycles. The standard InChI is InChI=1S/C20H20BrN3O3S2/c1-13(2)29(25,26)27-17-8-6-14(7-9-17)20(15-4-3-5-16(21)12-15)18-22-10-11-24(18)19(28)23-20/h3-9,12-13H,10-11H2,1-2H3,(H,23,28). The SMILES string of the molecule is CC(C)S(=O)(=O)Oc1ccc(C2(c3cccc(Br)c3)NC(=S)N3CCN=C32)cc1. The van der Waals surface area contributed by atoms with Gasteiger partial charge in [-0.15, -0.1) is 0 Å². The predicted octanol–water partition coefficient (Wildman–Crippen LogP) is 3.41. The fourth-order valence-corrected chi connectivity index (χ4v) is 4.83. The molecule has 2 aliphatic rings. The molecule has 9 heteroatoms. The lowest BCUT2D eigenvalue weighted by molar-refractivity contribution is 0.476. The maximum absolute atomic E-state index is 12.1. The minimum Gasteiger partial charge on any atom is -0.382 e. The van der Waals surface area contributed by atoms with E-state index in [0.717, 1.165) is 28.0 Å². The van der Waals surface area contributed by atoms with E-state index in [0.29, 0.717) is 11.7 Å². The molecule has 2 aromatic carbocycles. The molecule has 29 heavy (non-hydrogen) atoms. The van der Waals surface area contributed by atoms with Crippen LogP contribution in [0.4, 0.5) is 0 Å². The van der Waals surface area contributed by atoms with Crippen molar-refractivity contribution in [1.82, 2.24) is 10.2 Å². The van der Waals surface area contributed by atoms with Gasteiger partial charge in [0.15, 0.2) is 5.11 Å². The summed E-state index contributed by atoms with van der Waals surface area (Å²) in [6.07, 6.45) is 0. The number of aliphatic imine (C=N–C) groups is 1. The summed E-state index contributed by atoms with van der Waals surface area (Å²) in [5.74, 6) is 1.13. The van der Waals surface area contributed by atoms with Crippen LogP contribution >= 0.6 is 28.1 Å². The summed E-state index contributed by atoms with van der Waals surface area (Å²) in [5.41, 5.74) is 1.14. The summed E-state index contributed by atoms with van der Waals surface area (Å²) in [7, 11) is -3.65. The van der Waals surface area contributed by atoms with Crippen molar-refractivity contribution >= 4 is 49.2 Å². The third kappa shape index (κ3) is 3.45. The van der Waals surface area contributed by atoms with Gasteiger partial charge in [0.05, 0.1) is 11.8 Å². The predicted molar refractivity (Wildman–Crippen MR) is 121 cm³/mol. The molecule has 0 amide bonds. The van der Waals surface area contributed by atoms with Crippen molar-refractivity contribution in [2.24, 2.45) is 4.99 Å². The van der Waals surface area contributed by atoms with Gasteiger partial charge in [-0.05, 0) is 61.5 Å². The minimum atomic E-state index is -3.65. The average Bonchev–Trinajstić information content (AvgIpc) is 3.26. The maximum Gasteiger partial charge on any atom is 0.311 e. The van der Waals surface area contributed by atoms with Crippen LogP contribution in [0.15, 0.2) is 58.0 Å². The van der Waals surface area contributed by atoms with Crippen molar-refractivity contribution in [3.05, 3.63) is 64.1 Å². The first kappa shape index (κ1) is 20.3. The van der Waals surface area contributed by atoms with E-state index in [4.69, 9.17) is 21.4 Å². The normalized spacial score (nSPS) is 21.2. The van der Waals surface area contributed by atoms with Crippen molar-refractivity contribution in [1.29, 1.82) is 0 Å². The lowest BCUT2D eigenvalue weighted by atomic mass is 9.82. The zero-order valence-corrected chi connectivity index (χ0v) is 19.1. The number of thiocarbonyl (C=S) groups is 1. The summed E-state index contributed by atoms with van der Waals surface area (Å²) in [5, 5.41) is 3.47. The molecule has 0 spiro atoms. The monoisotopic (exact) mass is 493 g/mol. The van der Waals surface area contributed by atoms with Crippen molar-refractivity contribution in [2.75, 3.05) is 13.1 Å². The summed E-state index contributed by atoms with van der Waals surface area (Å²) in [6, 6.07) is 15.0. The number of nitrogens with zero attached hydrogens (tertiary/aromatic N) is 2. The van der Waals surface area contributed by atoms with Gasteiger partial charge in [0.25, 0.3) is 0 Å². The van der Waals surface area contributed by atoms with Crippen LogP contribution in [-0.4, -0.2) is 42.6 Å². The van der Waals surface area contributed by atoms with Crippen LogP contribution in [0.3, 0.4) is 0 Å². The number of amidine groups is 1. The first-order valence-corrected chi connectivity index (χ1v) is 11.9. The highest BCUT2D eigenvalue weighted by Gasteiger charge is 2.51. The van der Waals surface area contributed by atoms with Crippen LogP contribution in [0.25, 0.3) is 0 Å². The van der Waals surface area contributed by atoms with Crippen LogP contribution < -0.4 is 9.50 Å². The average molecular weight is 494 g/mol. The van der Waals surface area contributed by atoms with Crippen molar-refractivity contribution < 1.29 is 12.6 Å². The summed E-state index contributed by atoms with van der Waals surface area (Å²) >= 11 is 9.13. The second kappa shape index (κ2) is 7.37. The molecule has 0 saturated carbocycles. The highest BCUT2D eigenvalue weighted by atomic mass is 79.9. The number of hydrogen-bond acceptors (Lipinski definition) is 5. The van der Waals surface area contributed by atoms with Gasteiger partial charge >= 0.3 is 10.1 Å². The molecule has 0 radical (unpaired) electrons. The Morgan fingerprint density at radius 3 is 2.59 bits per heavy atom. The van der Waals surface area contributed by atoms with Crippen molar-refractivity contribution in [3.8, 4) is 5.75 Å². The Morgan fingerprint density at radius 2 is 1.93 bits per heavy atom. The van der Waals surface area contributed by atoms with Crippen molar-refractivity contribution in [2.45, 2.75) is 24.6 Å². The molecule has 0 bridgehead atoms. The van der Waals surface area contributed by atoms with E-state index in [-0.39, 0.29) is 5.75 Å². The second-order valence-electron chi connectivity index (χ2n) is 7.20. The van der Waals surface area contributed by atoms with Crippen LogP contribution in [-0.2, 0) is 15.7 Å². The van der Waals surface area contributed by atoms with Gasteiger partial charge in [-0.3, -0.25) is 4.99 Å². The molecule has 6 nitrogen and oxygen atoms in total. The maximum atomic E-state index is 12.1. The number of rotatable bonds is 5. The summed E-state index contributed by atoms with van der Waals surface area (Å²) < 4.78 is 30.3. The van der Waals surface area contributed by atoms with Crippen LogP contribution in [0.2, 0.25) is 0 Å². The topological polar surface area (TPSA) is 71.0 Å². The minimum absolute atomic E-state index is 0.276. The Balaban J connectivity index is 1.81. The Labute approximate surface area is 184 Å². The van der Waals surface area contributed by atoms with E-state index in [9.17, 15) is 8.42 Å². The second-order valence-corrected chi connectivity index (χ2v) is 10.6. The van der Waals surface area contributed by atoms with E-state index in [2.05, 4.69) is 21.2 Å². The van der Waals surface area contributed by atoms with E-state index in [1.807, 2.05) is 41.3 Å². The molecule has 1 saturated heterocycles. The van der Waals surface area contributed by atoms with Gasteiger partial charge in [-0.2, -0.15) is 8.42 Å². The smallest absolute Gasteiger partial charge is 0.311 e. The fourth-order valence-electron chi connectivity index (χ4n) is 3.53. The summed E-state index contributed by atoms with van der Waals surface area (Å²) in [4.78, 5) is 6.76. The molecule has 1 fully saturated rings. The molecule has 2 aliphatic heterocycles. The Morgan fingerprint density at radius 1 is 1.21 bits per heavy atom. The number of fused-ring (bicyclic) bond motifs is 1. The van der Waals surface area contributed by atoms with Crippen molar-refractivity contribution in [3.63, 3.8) is 0 Å². The first-order valence-electron chi connectivity index (χ1n) is 9.18. The van der Waals surface area contributed by atoms with Crippen LogP contribution in [0, 0.1) is 0 Å². The molecule has 2 aromatic rings. The Bertz CT molecular complexity index is 1100. The quantitative estimate of drug-likeness (QED) is 0.508. The van der Waals surface area contributed by atoms with Gasteiger partial charge in [0.2, 0.25) is 0 Å². The van der Waals surface area contributed by atoms with Gasteiger partial charge < -0.3 is 14.4 Å². The Kier molecular flexibility index (Phi) is 5.16. The van der Waals surface area contributed by atoms with Gasteiger partial charge in [0.1, 0.15) is 17.1 Å². The fraction of sp³-hybridized carbons (Fsp3) is 0.300. The van der Waals surface area contributed by atoms with Crippen LogP contribution in [0.5, 0.6) is 5.75 Å². The molecule has 0 aliphatic carbocycles. The lowest BCUT2D eigenvalue weighted by Crippen LogP contribution is -2.44. The molecule has 2 heterocycles. The third-order valence-corrected chi connectivity index (χ3v) is 7.45. The molecular weight excluding hydrogens is 474 g/mol. The zero-order chi connectivity index (χ0) is 20.8. The van der Waals surface area contributed by atoms with Gasteiger partial charge in [-0.1, -0.05) is 40.2 Å². The molecule has 4 rings (SSSR count). The number of nitrogens with one attached hydrogen (secondary N) is 1. The largest absolute Gasteiger partial charge is 0.382 e. The lowest BCUT2D eigenvalue weighted by Gasteiger charge is -2.30. The Hall–Kier alpha value is -1.97. The molecule has 1 unspecified atom stereocenters. The van der Waals surface area contributed by atoms with E-state index in [1.165, 1.54) is 0 Å². The van der Waals surface area contributed by atoms with Crippen LogP contribution in [0.1, 0.15) is 25.0 Å². The number of hydrogen-bond donors (Lipinski definition) is 1. The van der Waals surface area contributed by atoms with Gasteiger partial charge in [-0.25, -0.2) is 0 Å². The molecule has 1 N–H and O–H groups in total. The van der Waals surface area contributed by atoms with E-state index in [1.54, 1.807) is 26.0 Å². The van der Waals surface area contributed by atoms with E-state index >= 15 is 0 Å². The zero-order valence-electron chi connectivity index (χ0n) is 15.9. The summed E-state index contributed by atoms with van der Waals surface area (Å²) in [6.45, 7) is 4.59. The molecule has 1 atom stereocenters. The molecular formula is C20H20BrN3O3S2. The first-order chi connectivity index (χ1) is 13.7. The highest BCUT2D eigenvalue weighted by molar-refractivity contribution is 9.10. The number of halogens is 1. The van der Waals surface area contributed by atoms with Gasteiger partial charge in [0, 0.05) is 11.0 Å². The number of benzene rings is 2.